The maximum Gasteiger partial charge on any atom is 0.336 e. The van der Waals surface area contributed by atoms with Crippen molar-refractivity contribution in [2.75, 3.05) is 14.1 Å². The largest absolute Gasteiger partial charge is 0.478 e. The number of rotatable bonds is 6. The number of carboxylic acids is 1. The molecular formula is C31H27FN4O4. The molecule has 0 aliphatic carbocycles. The summed E-state index contributed by atoms with van der Waals surface area (Å²) < 4.78 is 15.3. The highest BCUT2D eigenvalue weighted by Crippen LogP contribution is 2.37. The van der Waals surface area contributed by atoms with Gasteiger partial charge in [-0.05, 0) is 61.9 Å². The fraction of sp³-hybridized carbons (Fsp3) is 0.129. The Kier molecular flexibility index (Phi) is 8.14. The number of aryl methyl sites for hydroxylation is 1. The van der Waals surface area contributed by atoms with Crippen molar-refractivity contribution in [1.29, 1.82) is 0 Å². The van der Waals surface area contributed by atoms with Crippen LogP contribution in [-0.2, 0) is 4.79 Å². The monoisotopic (exact) mass is 538 g/mol. The number of aromatic nitrogens is 3. The molecule has 8 nitrogen and oxygen atoms in total. The van der Waals surface area contributed by atoms with Gasteiger partial charge in [0.15, 0.2) is 11.4 Å². The first-order valence-electron chi connectivity index (χ1n) is 12.3. The molecule has 0 unspecified atom stereocenters. The summed E-state index contributed by atoms with van der Waals surface area (Å²) in [6.45, 7) is 3.24. The molecule has 5 aromatic rings. The molecule has 0 saturated heterocycles. The number of para-hydroxylation sites is 1. The van der Waals surface area contributed by atoms with Crippen LogP contribution in [0.25, 0.3) is 39.2 Å². The van der Waals surface area contributed by atoms with Crippen LogP contribution in [0.5, 0.6) is 0 Å². The van der Waals surface area contributed by atoms with Gasteiger partial charge in [0, 0.05) is 30.8 Å². The van der Waals surface area contributed by atoms with E-state index in [4.69, 9.17) is 10.1 Å². The molecule has 0 saturated carbocycles. The number of pyridine rings is 1. The highest BCUT2D eigenvalue weighted by molar-refractivity contribution is 6.09. The molecule has 3 aromatic carbocycles. The van der Waals surface area contributed by atoms with Crippen LogP contribution in [0.15, 0.2) is 78.9 Å². The molecule has 9 heteroatoms. The lowest BCUT2D eigenvalue weighted by Gasteiger charge is -2.14. The van der Waals surface area contributed by atoms with Crippen LogP contribution in [0, 0.1) is 12.7 Å². The van der Waals surface area contributed by atoms with E-state index in [9.17, 15) is 23.9 Å². The van der Waals surface area contributed by atoms with E-state index in [-0.39, 0.29) is 22.9 Å². The zero-order valence-corrected chi connectivity index (χ0v) is 22.4. The molecule has 0 aliphatic heterocycles. The van der Waals surface area contributed by atoms with Gasteiger partial charge in [-0.2, -0.15) is 5.10 Å². The third-order valence-electron chi connectivity index (χ3n) is 6.16. The number of carbonyl (C=O) groups excluding carboxylic acids is 2. The fourth-order valence-electron chi connectivity index (χ4n) is 4.38. The second-order valence-corrected chi connectivity index (χ2v) is 9.24. The number of halogens is 1. The van der Waals surface area contributed by atoms with E-state index >= 15 is 0 Å². The molecule has 2 aromatic heterocycles. The van der Waals surface area contributed by atoms with Crippen molar-refractivity contribution >= 4 is 29.2 Å². The van der Waals surface area contributed by atoms with E-state index in [0.29, 0.717) is 39.0 Å². The summed E-state index contributed by atoms with van der Waals surface area (Å²) in [4.78, 5) is 40.6. The van der Waals surface area contributed by atoms with Crippen LogP contribution in [0.3, 0.4) is 0 Å². The lowest BCUT2D eigenvalue weighted by atomic mass is 9.93. The quantitative estimate of drug-likeness (QED) is 0.216. The minimum absolute atomic E-state index is 0.0470. The van der Waals surface area contributed by atoms with Crippen LogP contribution >= 0.6 is 0 Å². The van der Waals surface area contributed by atoms with Crippen molar-refractivity contribution in [1.82, 2.24) is 19.7 Å². The topological polar surface area (TPSA) is 105 Å². The van der Waals surface area contributed by atoms with E-state index in [2.05, 4.69) is 0 Å². The Hall–Kier alpha value is -5.18. The standard InChI is InChI=1S/C28H20FN3O3.C3H7NO/c1-16-23(17(2)33)26(21-10-6-7-11-22(21)28(34)35)30-27-24(16)25(18-12-14-19(29)15-13-18)31-32(27)20-8-4-3-5-9-20;1-4(2)3-5/h3-15H,1-2H3,(H,34,35);3H,1-2H3. The summed E-state index contributed by atoms with van der Waals surface area (Å²) in [7, 11) is 3.38. The molecule has 0 atom stereocenters. The average Bonchev–Trinajstić information content (AvgIpc) is 3.34. The van der Waals surface area contributed by atoms with Crippen molar-refractivity contribution in [3.8, 4) is 28.2 Å². The number of fused-ring (bicyclic) bond motifs is 1. The smallest absolute Gasteiger partial charge is 0.336 e. The SMILES string of the molecule is CC(=O)c1c(-c2ccccc2C(=O)O)nc2c(c(-c3ccc(F)cc3)nn2-c2ccccc2)c1C.CN(C)C=O. The van der Waals surface area contributed by atoms with Gasteiger partial charge < -0.3 is 10.0 Å². The van der Waals surface area contributed by atoms with Gasteiger partial charge in [0.2, 0.25) is 6.41 Å². The predicted molar refractivity (Wildman–Crippen MR) is 151 cm³/mol. The highest BCUT2D eigenvalue weighted by Gasteiger charge is 2.26. The molecule has 0 radical (unpaired) electrons. The summed E-state index contributed by atoms with van der Waals surface area (Å²) >= 11 is 0. The molecular weight excluding hydrogens is 511 g/mol. The Labute approximate surface area is 230 Å². The van der Waals surface area contributed by atoms with Gasteiger partial charge in [0.05, 0.1) is 22.3 Å². The minimum Gasteiger partial charge on any atom is -0.478 e. The first-order chi connectivity index (χ1) is 19.1. The molecule has 1 N–H and O–H groups in total. The lowest BCUT2D eigenvalue weighted by molar-refractivity contribution is -0.115. The number of nitrogens with zero attached hydrogens (tertiary/aromatic N) is 4. The summed E-state index contributed by atoms with van der Waals surface area (Å²) in [6, 6.07) is 21.8. The molecule has 5 rings (SSSR count). The summed E-state index contributed by atoms with van der Waals surface area (Å²) in [5, 5.41) is 15.2. The molecule has 0 spiro atoms. The second-order valence-electron chi connectivity index (χ2n) is 9.24. The van der Waals surface area contributed by atoms with E-state index in [1.165, 1.54) is 30.0 Å². The van der Waals surface area contributed by atoms with E-state index in [0.717, 1.165) is 12.1 Å². The van der Waals surface area contributed by atoms with Gasteiger partial charge in [-0.3, -0.25) is 9.59 Å². The van der Waals surface area contributed by atoms with Crippen LogP contribution in [0.4, 0.5) is 4.39 Å². The molecule has 0 bridgehead atoms. The number of Topliss-reactive ketones (excluding diaryl/α,β-unsaturated/α-hetero) is 1. The first kappa shape index (κ1) is 27.8. The van der Waals surface area contributed by atoms with Crippen molar-refractivity contribution < 1.29 is 23.9 Å². The number of amides is 1. The molecule has 202 valence electrons. The fourth-order valence-corrected chi connectivity index (χ4v) is 4.38. The third-order valence-corrected chi connectivity index (χ3v) is 6.16. The summed E-state index contributed by atoms with van der Waals surface area (Å²) in [5.41, 5.74) is 4.05. The maximum absolute atomic E-state index is 13.6. The molecule has 2 heterocycles. The number of hydrogen-bond donors (Lipinski definition) is 1. The Bertz CT molecular complexity index is 1710. The zero-order valence-electron chi connectivity index (χ0n) is 22.4. The third kappa shape index (κ3) is 5.49. The van der Waals surface area contributed by atoms with E-state index in [1.54, 1.807) is 56.0 Å². The van der Waals surface area contributed by atoms with Gasteiger partial charge in [-0.25, -0.2) is 18.9 Å². The lowest BCUT2D eigenvalue weighted by Crippen LogP contribution is -2.08. The minimum atomic E-state index is -1.11. The molecule has 1 amide bonds. The number of benzene rings is 3. The maximum atomic E-state index is 13.6. The van der Waals surface area contributed by atoms with Crippen LogP contribution in [0.2, 0.25) is 0 Å². The van der Waals surface area contributed by atoms with Crippen molar-refractivity contribution in [2.45, 2.75) is 13.8 Å². The summed E-state index contributed by atoms with van der Waals surface area (Å²) in [6.07, 6.45) is 0.750. The Morgan fingerprint density at radius 2 is 1.52 bits per heavy atom. The Morgan fingerprint density at radius 1 is 0.925 bits per heavy atom. The number of ketones is 1. The van der Waals surface area contributed by atoms with Gasteiger partial charge >= 0.3 is 5.97 Å². The Morgan fingerprint density at radius 3 is 2.10 bits per heavy atom. The second kappa shape index (κ2) is 11.7. The number of carbonyl (C=O) groups is 3. The average molecular weight is 539 g/mol. The first-order valence-corrected chi connectivity index (χ1v) is 12.3. The van der Waals surface area contributed by atoms with E-state index in [1.807, 2.05) is 30.3 Å². The van der Waals surface area contributed by atoms with Gasteiger partial charge in [-0.1, -0.05) is 36.4 Å². The Balaban J connectivity index is 0.000000681. The number of carboxylic acid groups (broad SMARTS) is 1. The van der Waals surface area contributed by atoms with Gasteiger partial charge in [-0.15, -0.1) is 0 Å². The molecule has 0 aliphatic rings. The summed E-state index contributed by atoms with van der Waals surface area (Å²) in [5.74, 6) is -1.73. The normalized spacial score (nSPS) is 10.5. The van der Waals surface area contributed by atoms with Crippen molar-refractivity contribution in [3.63, 3.8) is 0 Å². The van der Waals surface area contributed by atoms with Crippen LogP contribution in [0.1, 0.15) is 33.2 Å². The van der Waals surface area contributed by atoms with E-state index < -0.39 is 5.97 Å². The van der Waals surface area contributed by atoms with Gasteiger partial charge in [0.25, 0.3) is 0 Å². The van der Waals surface area contributed by atoms with Crippen molar-refractivity contribution in [2.24, 2.45) is 0 Å². The van der Waals surface area contributed by atoms with Crippen LogP contribution in [-0.4, -0.2) is 57.0 Å². The number of hydrogen-bond acceptors (Lipinski definition) is 5. The van der Waals surface area contributed by atoms with Gasteiger partial charge in [0.1, 0.15) is 11.5 Å². The molecule has 40 heavy (non-hydrogen) atoms. The molecule has 0 fully saturated rings. The van der Waals surface area contributed by atoms with Crippen molar-refractivity contribution in [3.05, 3.63) is 101 Å². The zero-order chi connectivity index (χ0) is 29.0. The van der Waals surface area contributed by atoms with Crippen LogP contribution < -0.4 is 0 Å². The predicted octanol–water partition coefficient (Wildman–Crippen LogP) is 5.81. The number of aromatic carboxylic acids is 1. The highest BCUT2D eigenvalue weighted by atomic mass is 19.1.